The second-order valence-corrected chi connectivity index (χ2v) is 4.83. The first-order valence-electron chi connectivity index (χ1n) is 6.46. The van der Waals surface area contributed by atoms with E-state index in [-0.39, 0.29) is 0 Å². The van der Waals surface area contributed by atoms with E-state index in [2.05, 4.69) is 28.0 Å². The van der Waals surface area contributed by atoms with Crippen molar-refractivity contribution in [1.29, 1.82) is 5.26 Å². The number of rotatable bonds is 2. The van der Waals surface area contributed by atoms with Gasteiger partial charge in [0.05, 0.1) is 17.8 Å². The van der Waals surface area contributed by atoms with Gasteiger partial charge in [-0.15, -0.1) is 0 Å². The van der Waals surface area contributed by atoms with Crippen LogP contribution in [0.4, 0.5) is 5.69 Å². The summed E-state index contributed by atoms with van der Waals surface area (Å²) in [5, 5.41) is 8.65. The lowest BCUT2D eigenvalue weighted by Gasteiger charge is -2.45. The van der Waals surface area contributed by atoms with Crippen molar-refractivity contribution in [2.75, 3.05) is 37.7 Å². The highest BCUT2D eigenvalue weighted by Gasteiger charge is 2.32. The lowest BCUT2D eigenvalue weighted by Crippen LogP contribution is -2.57. The lowest BCUT2D eigenvalue weighted by molar-refractivity contribution is 0.169. The maximum atomic E-state index is 8.65. The van der Waals surface area contributed by atoms with Crippen molar-refractivity contribution in [1.82, 2.24) is 4.90 Å². The first-order valence-corrected chi connectivity index (χ1v) is 6.46. The van der Waals surface area contributed by atoms with E-state index in [9.17, 15) is 0 Å². The molecule has 4 nitrogen and oxygen atoms in total. The Kier molecular flexibility index (Phi) is 3.07. The minimum Gasteiger partial charge on any atom is -0.489 e. The maximum Gasteiger partial charge on any atom is 0.142 e. The molecule has 0 saturated carbocycles. The summed E-state index contributed by atoms with van der Waals surface area (Å²) in [6.45, 7) is 4.68. The Morgan fingerprint density at radius 2 is 2.22 bits per heavy atom. The molecule has 1 unspecified atom stereocenters. The molecule has 0 N–H and O–H groups in total. The fraction of sp³-hybridized carbons (Fsp3) is 0.500. The molecule has 1 fully saturated rings. The number of nitrogens with zero attached hydrogens (tertiary/aromatic N) is 3. The van der Waals surface area contributed by atoms with Crippen LogP contribution >= 0.6 is 0 Å². The predicted molar refractivity (Wildman–Crippen MR) is 69.7 cm³/mol. The van der Waals surface area contributed by atoms with Crippen molar-refractivity contribution in [3.63, 3.8) is 0 Å². The van der Waals surface area contributed by atoms with Crippen LogP contribution in [0.15, 0.2) is 24.3 Å². The minimum absolute atomic E-state index is 0.423. The van der Waals surface area contributed by atoms with Gasteiger partial charge >= 0.3 is 0 Å². The number of anilines is 1. The fourth-order valence-electron chi connectivity index (χ4n) is 2.79. The number of para-hydroxylation sites is 2. The molecule has 4 heteroatoms. The van der Waals surface area contributed by atoms with Gasteiger partial charge < -0.3 is 9.64 Å². The molecule has 0 spiro atoms. The third-order valence-electron chi connectivity index (χ3n) is 3.71. The molecule has 1 aromatic carbocycles. The van der Waals surface area contributed by atoms with Gasteiger partial charge in [-0.1, -0.05) is 12.1 Å². The predicted octanol–water partition coefficient (Wildman–Crippen LogP) is 1.48. The van der Waals surface area contributed by atoms with Crippen molar-refractivity contribution >= 4 is 5.69 Å². The zero-order valence-corrected chi connectivity index (χ0v) is 10.4. The first kappa shape index (κ1) is 11.4. The monoisotopic (exact) mass is 243 g/mol. The summed E-state index contributed by atoms with van der Waals surface area (Å²) in [6, 6.07) is 10.9. The summed E-state index contributed by atoms with van der Waals surface area (Å²) in [5.74, 6) is 0.999. The molecule has 18 heavy (non-hydrogen) atoms. The molecule has 2 aliphatic heterocycles. The van der Waals surface area contributed by atoms with E-state index in [1.807, 2.05) is 12.1 Å². The Morgan fingerprint density at radius 3 is 3.11 bits per heavy atom. The number of ether oxygens (including phenoxy) is 1. The van der Waals surface area contributed by atoms with E-state index in [4.69, 9.17) is 10.00 Å². The van der Waals surface area contributed by atoms with E-state index >= 15 is 0 Å². The van der Waals surface area contributed by atoms with Gasteiger partial charge in [-0.3, -0.25) is 4.90 Å². The summed E-state index contributed by atoms with van der Waals surface area (Å²) < 4.78 is 5.81. The Hall–Kier alpha value is -1.73. The van der Waals surface area contributed by atoms with E-state index in [0.29, 0.717) is 12.5 Å². The van der Waals surface area contributed by atoms with E-state index in [1.165, 1.54) is 5.69 Å². The third kappa shape index (κ3) is 2.02. The summed E-state index contributed by atoms with van der Waals surface area (Å²) in [4.78, 5) is 4.81. The Labute approximate surface area is 107 Å². The van der Waals surface area contributed by atoms with Gasteiger partial charge in [0.25, 0.3) is 0 Å². The topological polar surface area (TPSA) is 39.5 Å². The number of fused-ring (bicyclic) bond motifs is 3. The highest BCUT2D eigenvalue weighted by molar-refractivity contribution is 5.61. The van der Waals surface area contributed by atoms with Crippen molar-refractivity contribution in [3.05, 3.63) is 24.3 Å². The number of nitriles is 1. The average Bonchev–Trinajstić information content (AvgIpc) is 2.44. The molecule has 3 rings (SSSR count). The smallest absolute Gasteiger partial charge is 0.142 e. The molecule has 1 atom stereocenters. The highest BCUT2D eigenvalue weighted by atomic mass is 16.5. The fourth-order valence-corrected chi connectivity index (χ4v) is 2.79. The van der Waals surface area contributed by atoms with Crippen LogP contribution in [0.5, 0.6) is 5.75 Å². The quantitative estimate of drug-likeness (QED) is 0.789. The molecule has 94 valence electrons. The van der Waals surface area contributed by atoms with Crippen molar-refractivity contribution in [3.8, 4) is 11.8 Å². The van der Waals surface area contributed by atoms with Crippen molar-refractivity contribution in [2.45, 2.75) is 12.5 Å². The normalized spacial score (nSPS) is 22.6. The first-order chi connectivity index (χ1) is 8.88. The zero-order valence-electron chi connectivity index (χ0n) is 10.4. The van der Waals surface area contributed by atoms with Crippen LogP contribution in [-0.4, -0.2) is 43.7 Å². The van der Waals surface area contributed by atoms with Crippen LogP contribution in [0.3, 0.4) is 0 Å². The third-order valence-corrected chi connectivity index (χ3v) is 3.71. The molecule has 1 aromatic rings. The molecule has 1 saturated heterocycles. The lowest BCUT2D eigenvalue weighted by atomic mass is 10.1. The van der Waals surface area contributed by atoms with Crippen LogP contribution in [-0.2, 0) is 0 Å². The minimum atomic E-state index is 0.423. The molecular formula is C14H17N3O. The second-order valence-electron chi connectivity index (χ2n) is 4.83. The van der Waals surface area contributed by atoms with Gasteiger partial charge in [0.15, 0.2) is 0 Å². The summed E-state index contributed by atoms with van der Waals surface area (Å²) in [6.07, 6.45) is 0.615. The molecule has 0 aromatic heterocycles. The number of piperazine rings is 1. The molecule has 0 radical (unpaired) electrons. The molecule has 0 bridgehead atoms. The van der Waals surface area contributed by atoms with Gasteiger partial charge in [0, 0.05) is 32.6 Å². The molecular weight excluding hydrogens is 226 g/mol. The molecule has 2 heterocycles. The summed E-state index contributed by atoms with van der Waals surface area (Å²) >= 11 is 0. The Balaban J connectivity index is 1.73. The Bertz CT molecular complexity index is 468. The molecule has 0 aliphatic carbocycles. The summed E-state index contributed by atoms with van der Waals surface area (Å²) in [7, 11) is 0. The number of hydrogen-bond donors (Lipinski definition) is 0. The van der Waals surface area contributed by atoms with Gasteiger partial charge in [0.1, 0.15) is 12.4 Å². The summed E-state index contributed by atoms with van der Waals surface area (Å²) in [5.41, 5.74) is 1.22. The van der Waals surface area contributed by atoms with Crippen LogP contribution < -0.4 is 9.64 Å². The number of benzene rings is 1. The van der Waals surface area contributed by atoms with Gasteiger partial charge in [-0.25, -0.2) is 0 Å². The van der Waals surface area contributed by atoms with Gasteiger partial charge in [-0.05, 0) is 12.1 Å². The van der Waals surface area contributed by atoms with E-state index in [0.717, 1.165) is 38.5 Å². The standard InChI is InChI=1S/C14H17N3O/c15-6-3-7-16-8-9-17-12(10-16)11-18-14-5-2-1-4-13(14)17/h1-2,4-5,12H,3,7-11H2. The number of hydrogen-bond acceptors (Lipinski definition) is 4. The largest absolute Gasteiger partial charge is 0.489 e. The van der Waals surface area contributed by atoms with Crippen molar-refractivity contribution in [2.24, 2.45) is 0 Å². The Morgan fingerprint density at radius 1 is 1.33 bits per heavy atom. The van der Waals surface area contributed by atoms with Gasteiger partial charge in [-0.2, -0.15) is 5.26 Å². The van der Waals surface area contributed by atoms with Gasteiger partial charge in [0.2, 0.25) is 0 Å². The van der Waals surface area contributed by atoms with Crippen molar-refractivity contribution < 1.29 is 4.74 Å². The second kappa shape index (κ2) is 4.87. The van der Waals surface area contributed by atoms with E-state index < -0.39 is 0 Å². The molecule has 2 aliphatic rings. The van der Waals surface area contributed by atoms with Crippen LogP contribution in [0.2, 0.25) is 0 Å². The van der Waals surface area contributed by atoms with Crippen LogP contribution in [0.25, 0.3) is 0 Å². The maximum absolute atomic E-state index is 8.65. The van der Waals surface area contributed by atoms with E-state index in [1.54, 1.807) is 0 Å². The van der Waals surface area contributed by atoms with Crippen LogP contribution in [0.1, 0.15) is 6.42 Å². The zero-order chi connectivity index (χ0) is 12.4. The molecule has 0 amide bonds. The highest BCUT2D eigenvalue weighted by Crippen LogP contribution is 2.34. The average molecular weight is 243 g/mol. The SMILES string of the molecule is N#CCCN1CCN2c3ccccc3OCC2C1. The van der Waals surface area contributed by atoms with Crippen LogP contribution in [0, 0.1) is 11.3 Å².